The van der Waals surface area contributed by atoms with Crippen LogP contribution >= 0.6 is 0 Å². The van der Waals surface area contributed by atoms with Crippen molar-refractivity contribution in [2.45, 2.75) is 25.7 Å². The van der Waals surface area contributed by atoms with E-state index >= 15 is 0 Å². The van der Waals surface area contributed by atoms with Gasteiger partial charge in [-0.05, 0) is 43.4 Å². The summed E-state index contributed by atoms with van der Waals surface area (Å²) < 4.78 is 38.4. The van der Waals surface area contributed by atoms with Crippen molar-refractivity contribution in [3.63, 3.8) is 0 Å². The number of methoxy groups -OCH3 is 1. The number of halogens is 2. The number of ether oxygens (including phenoxy) is 2. The number of aliphatic hydroxyl groups excluding tert-OH is 1. The Balaban J connectivity index is 1.20. The molecule has 0 radical (unpaired) electrons. The van der Waals surface area contributed by atoms with Crippen LogP contribution in [0.1, 0.15) is 25.0 Å². The molecule has 0 aliphatic heterocycles. The summed E-state index contributed by atoms with van der Waals surface area (Å²) in [4.78, 5) is 23.4. The third-order valence-corrected chi connectivity index (χ3v) is 6.80. The van der Waals surface area contributed by atoms with Crippen molar-refractivity contribution >= 4 is 34.1 Å². The molecule has 0 atom stereocenters. The Kier molecular flexibility index (Phi) is 9.39. The topological polar surface area (TPSA) is 138 Å². The van der Waals surface area contributed by atoms with E-state index in [-0.39, 0.29) is 18.7 Å². The molecule has 0 bridgehead atoms. The lowest BCUT2D eigenvalue weighted by atomic mass is 10.2. The number of carbonyl (C=O) groups excluding carboxylic acids is 1. The number of benzene rings is 2. The SMILES string of the molecule is COc1cc2c(Nc3cc(CC(=O)Nc4cc(F)cc(F)c4)[nH]n3)ncnc2cc1OCCCN(CCO)CC1CC1. The smallest absolute Gasteiger partial charge is 0.230 e. The van der Waals surface area contributed by atoms with E-state index in [9.17, 15) is 18.7 Å². The predicted molar refractivity (Wildman–Crippen MR) is 153 cm³/mol. The third-order valence-electron chi connectivity index (χ3n) is 6.80. The third kappa shape index (κ3) is 7.89. The lowest BCUT2D eigenvalue weighted by Gasteiger charge is -2.21. The van der Waals surface area contributed by atoms with Crippen molar-refractivity contribution in [3.8, 4) is 11.5 Å². The van der Waals surface area contributed by atoms with Gasteiger partial charge in [0.2, 0.25) is 5.91 Å². The largest absolute Gasteiger partial charge is 0.493 e. The van der Waals surface area contributed by atoms with Gasteiger partial charge in [-0.25, -0.2) is 18.7 Å². The van der Waals surface area contributed by atoms with Crippen LogP contribution in [-0.2, 0) is 11.2 Å². The van der Waals surface area contributed by atoms with Crippen LogP contribution in [0.3, 0.4) is 0 Å². The van der Waals surface area contributed by atoms with Crippen molar-refractivity contribution in [3.05, 3.63) is 60.1 Å². The van der Waals surface area contributed by atoms with Gasteiger partial charge in [-0.3, -0.25) is 9.89 Å². The van der Waals surface area contributed by atoms with Gasteiger partial charge >= 0.3 is 0 Å². The van der Waals surface area contributed by atoms with E-state index < -0.39 is 17.5 Å². The van der Waals surface area contributed by atoms with Gasteiger partial charge in [0, 0.05) is 54.6 Å². The average Bonchev–Trinajstić information content (AvgIpc) is 3.66. The van der Waals surface area contributed by atoms with E-state index in [1.807, 2.05) is 0 Å². The van der Waals surface area contributed by atoms with E-state index in [0.29, 0.717) is 52.9 Å². The first-order chi connectivity index (χ1) is 20.4. The second-order valence-corrected chi connectivity index (χ2v) is 10.2. The maximum absolute atomic E-state index is 13.4. The molecule has 11 nitrogen and oxygen atoms in total. The summed E-state index contributed by atoms with van der Waals surface area (Å²) in [5, 5.41) is 22.6. The van der Waals surface area contributed by atoms with E-state index in [1.165, 1.54) is 19.2 Å². The Labute approximate surface area is 241 Å². The Bertz CT molecular complexity index is 1510. The molecule has 5 rings (SSSR count). The van der Waals surface area contributed by atoms with Gasteiger partial charge in [-0.2, -0.15) is 5.10 Å². The summed E-state index contributed by atoms with van der Waals surface area (Å²) in [6, 6.07) is 8.03. The van der Waals surface area contributed by atoms with Crippen LogP contribution in [0.25, 0.3) is 10.9 Å². The first kappa shape index (κ1) is 29.1. The minimum Gasteiger partial charge on any atom is -0.493 e. The number of carbonyl (C=O) groups is 1. The molecule has 1 saturated carbocycles. The molecule has 2 aromatic carbocycles. The molecule has 4 N–H and O–H groups in total. The number of aromatic amines is 1. The number of aliphatic hydroxyl groups is 1. The molecule has 0 saturated heterocycles. The zero-order valence-corrected chi connectivity index (χ0v) is 23.2. The van der Waals surface area contributed by atoms with Crippen LogP contribution in [-0.4, -0.2) is 76.0 Å². The number of fused-ring (bicyclic) bond motifs is 1. The van der Waals surface area contributed by atoms with Crippen LogP contribution in [0.5, 0.6) is 11.5 Å². The quantitative estimate of drug-likeness (QED) is 0.153. The highest BCUT2D eigenvalue weighted by molar-refractivity contribution is 5.93. The Morgan fingerprint density at radius 3 is 2.64 bits per heavy atom. The van der Waals surface area contributed by atoms with Gasteiger partial charge in [0.15, 0.2) is 17.3 Å². The first-order valence-electron chi connectivity index (χ1n) is 13.8. The molecule has 1 fully saturated rings. The monoisotopic (exact) mass is 581 g/mol. The highest BCUT2D eigenvalue weighted by atomic mass is 19.1. The Morgan fingerprint density at radius 1 is 1.10 bits per heavy atom. The van der Waals surface area contributed by atoms with Crippen molar-refractivity contribution in [1.82, 2.24) is 25.1 Å². The summed E-state index contributed by atoms with van der Waals surface area (Å²) in [6.45, 7) is 3.18. The molecule has 1 aliphatic rings. The molecule has 1 amide bonds. The number of hydrogen-bond donors (Lipinski definition) is 4. The molecule has 1 aliphatic carbocycles. The van der Waals surface area contributed by atoms with Gasteiger partial charge in [0.1, 0.15) is 23.8 Å². The lowest BCUT2D eigenvalue weighted by Crippen LogP contribution is -2.30. The maximum Gasteiger partial charge on any atom is 0.230 e. The van der Waals surface area contributed by atoms with Crippen LogP contribution in [0.4, 0.5) is 26.1 Å². The predicted octanol–water partition coefficient (Wildman–Crippen LogP) is 4.04. The highest BCUT2D eigenvalue weighted by Crippen LogP contribution is 2.35. The van der Waals surface area contributed by atoms with Crippen LogP contribution in [0.2, 0.25) is 0 Å². The summed E-state index contributed by atoms with van der Waals surface area (Å²) in [5.74, 6) is 0.701. The molecular weight excluding hydrogens is 548 g/mol. The minimum absolute atomic E-state index is 0.0253. The average molecular weight is 582 g/mol. The lowest BCUT2D eigenvalue weighted by molar-refractivity contribution is -0.115. The molecule has 42 heavy (non-hydrogen) atoms. The number of aromatic nitrogens is 4. The van der Waals surface area contributed by atoms with Gasteiger partial charge in [-0.15, -0.1) is 0 Å². The molecule has 0 spiro atoms. The van der Waals surface area contributed by atoms with Crippen molar-refractivity contribution in [2.24, 2.45) is 5.92 Å². The number of rotatable bonds is 15. The number of H-pyrrole nitrogens is 1. The van der Waals surface area contributed by atoms with Gasteiger partial charge in [0.25, 0.3) is 0 Å². The maximum atomic E-state index is 13.4. The molecule has 0 unspecified atom stereocenters. The number of anilines is 3. The van der Waals surface area contributed by atoms with E-state index in [4.69, 9.17) is 9.47 Å². The van der Waals surface area contributed by atoms with Crippen LogP contribution < -0.4 is 20.1 Å². The molecular formula is C29H33F2N7O4. The zero-order valence-electron chi connectivity index (χ0n) is 23.2. The Hall–Kier alpha value is -4.36. The first-order valence-corrected chi connectivity index (χ1v) is 13.8. The summed E-state index contributed by atoms with van der Waals surface area (Å²) in [6.07, 6.45) is 4.67. The van der Waals surface area contributed by atoms with E-state index in [0.717, 1.165) is 43.6 Å². The normalized spacial score (nSPS) is 13.0. The van der Waals surface area contributed by atoms with Gasteiger partial charge < -0.3 is 30.1 Å². The molecule has 2 aromatic heterocycles. The van der Waals surface area contributed by atoms with Crippen molar-refractivity contribution in [2.75, 3.05) is 50.6 Å². The van der Waals surface area contributed by atoms with Crippen molar-refractivity contribution in [1.29, 1.82) is 0 Å². The Morgan fingerprint density at radius 2 is 1.90 bits per heavy atom. The number of nitrogens with one attached hydrogen (secondary N) is 3. The fraction of sp³-hybridized carbons (Fsp3) is 0.379. The van der Waals surface area contributed by atoms with Gasteiger partial charge in [-0.1, -0.05) is 0 Å². The molecule has 2 heterocycles. The minimum atomic E-state index is -0.782. The summed E-state index contributed by atoms with van der Waals surface area (Å²) in [5.41, 5.74) is 1.14. The fourth-order valence-corrected chi connectivity index (χ4v) is 4.65. The molecule has 222 valence electrons. The van der Waals surface area contributed by atoms with Crippen molar-refractivity contribution < 1.29 is 28.2 Å². The fourth-order valence-electron chi connectivity index (χ4n) is 4.65. The number of nitrogens with zero attached hydrogens (tertiary/aromatic N) is 4. The second kappa shape index (κ2) is 13.5. The van der Waals surface area contributed by atoms with Crippen LogP contribution in [0, 0.1) is 17.6 Å². The van der Waals surface area contributed by atoms with Gasteiger partial charge in [0.05, 0.1) is 32.3 Å². The number of hydrogen-bond acceptors (Lipinski definition) is 9. The molecule has 4 aromatic rings. The second-order valence-electron chi connectivity index (χ2n) is 10.2. The highest BCUT2D eigenvalue weighted by Gasteiger charge is 2.24. The zero-order chi connectivity index (χ0) is 29.5. The van der Waals surface area contributed by atoms with Crippen LogP contribution in [0.15, 0.2) is 42.7 Å². The summed E-state index contributed by atoms with van der Waals surface area (Å²) in [7, 11) is 1.56. The van der Waals surface area contributed by atoms with E-state index in [2.05, 4.69) is 35.7 Å². The number of amides is 1. The summed E-state index contributed by atoms with van der Waals surface area (Å²) >= 11 is 0. The van der Waals surface area contributed by atoms with E-state index in [1.54, 1.807) is 25.3 Å². The standard InChI is InChI=1S/C29H33F2N7O4/c1-41-25-14-23-24(15-26(25)42-8-2-5-38(6-7-39)16-18-3-4-18)32-17-33-29(23)35-27-12-22(36-37-27)13-28(40)34-21-10-19(30)9-20(31)11-21/h9-12,14-15,17-18,39H,2-8,13,16H2,1H3,(H,34,40)(H2,32,33,35,36,37). The molecule has 13 heteroatoms.